The molecule has 0 unspecified atom stereocenters. The quantitative estimate of drug-likeness (QED) is 0.534. The number of benzene rings is 3. The largest absolute Gasteiger partial charge is 0.475 e. The van der Waals surface area contributed by atoms with Crippen LogP contribution in [0.25, 0.3) is 10.8 Å². The van der Waals surface area contributed by atoms with Gasteiger partial charge in [0.2, 0.25) is 0 Å². The van der Waals surface area contributed by atoms with Crippen LogP contribution < -0.4 is 4.74 Å². The fourth-order valence-corrected chi connectivity index (χ4v) is 4.69. The maximum absolute atomic E-state index is 6.53. The van der Waals surface area contributed by atoms with Crippen molar-refractivity contribution in [3.63, 3.8) is 0 Å². The summed E-state index contributed by atoms with van der Waals surface area (Å²) in [5.74, 6) is 7.64. The second kappa shape index (κ2) is 6.76. The predicted octanol–water partition coefficient (Wildman–Crippen LogP) is 5.53. The molecule has 0 amide bonds. The average Bonchev–Trinajstić information content (AvgIpc) is 2.73. The summed E-state index contributed by atoms with van der Waals surface area (Å²) in [6.45, 7) is 1.94. The lowest BCUT2D eigenvalue weighted by molar-refractivity contribution is -0.0594. The van der Waals surface area contributed by atoms with Crippen LogP contribution in [0, 0.1) is 11.8 Å². The summed E-state index contributed by atoms with van der Waals surface area (Å²) in [4.78, 5) is 2.52. The van der Waals surface area contributed by atoms with Gasteiger partial charge in [-0.2, -0.15) is 0 Å². The molecule has 0 aliphatic carbocycles. The minimum absolute atomic E-state index is 0.0865. The molecule has 2 nitrogen and oxygen atoms in total. The van der Waals surface area contributed by atoms with Crippen LogP contribution >= 0.6 is 0 Å². The van der Waals surface area contributed by atoms with Crippen LogP contribution in [0.2, 0.25) is 0 Å². The molecule has 2 heterocycles. The van der Waals surface area contributed by atoms with E-state index < -0.39 is 0 Å². The number of rotatable bonds is 1. The molecule has 0 spiro atoms. The molecule has 3 aromatic carbocycles. The van der Waals surface area contributed by atoms with E-state index in [0.717, 1.165) is 25.0 Å². The van der Waals surface area contributed by atoms with Crippen molar-refractivity contribution < 1.29 is 4.74 Å². The first-order valence-electron chi connectivity index (χ1n) is 9.80. The van der Waals surface area contributed by atoms with E-state index in [1.165, 1.54) is 21.9 Å². The summed E-state index contributed by atoms with van der Waals surface area (Å²) in [7, 11) is 0. The fourth-order valence-electron chi connectivity index (χ4n) is 4.69. The summed E-state index contributed by atoms with van der Waals surface area (Å²) in [5.41, 5.74) is 2.59. The van der Waals surface area contributed by atoms with E-state index in [0.29, 0.717) is 0 Å². The predicted molar refractivity (Wildman–Crippen MR) is 110 cm³/mol. The normalized spacial score (nSPS) is 24.3. The van der Waals surface area contributed by atoms with Crippen molar-refractivity contribution in [2.45, 2.75) is 44.5 Å². The van der Waals surface area contributed by atoms with Crippen molar-refractivity contribution in [1.29, 1.82) is 0 Å². The molecule has 5 rings (SSSR count). The van der Waals surface area contributed by atoms with Gasteiger partial charge in [0, 0.05) is 5.56 Å². The third-order valence-corrected chi connectivity index (χ3v) is 5.81. The van der Waals surface area contributed by atoms with Crippen LogP contribution in [0.4, 0.5) is 0 Å². The smallest absolute Gasteiger partial charge is 0.154 e. The molecule has 2 aliphatic rings. The van der Waals surface area contributed by atoms with Crippen molar-refractivity contribution >= 4 is 10.8 Å². The second-order valence-corrected chi connectivity index (χ2v) is 7.37. The molecule has 1 fully saturated rings. The molecular formula is C25H23NO. The van der Waals surface area contributed by atoms with Gasteiger partial charge in [-0.05, 0) is 48.6 Å². The van der Waals surface area contributed by atoms with E-state index in [1.807, 2.05) is 6.92 Å². The topological polar surface area (TPSA) is 12.5 Å². The second-order valence-electron chi connectivity index (χ2n) is 7.37. The summed E-state index contributed by atoms with van der Waals surface area (Å²) in [5, 5.41) is 2.53. The zero-order valence-electron chi connectivity index (χ0n) is 15.6. The van der Waals surface area contributed by atoms with Crippen LogP contribution in [-0.4, -0.2) is 17.2 Å². The molecule has 1 saturated heterocycles. The first kappa shape index (κ1) is 16.4. The number of nitrogens with zero attached hydrogens (tertiary/aromatic N) is 1. The molecule has 2 aliphatic heterocycles. The molecule has 3 atom stereocenters. The van der Waals surface area contributed by atoms with E-state index >= 15 is 0 Å². The highest BCUT2D eigenvalue weighted by atomic mass is 16.5. The Morgan fingerprint density at radius 2 is 1.74 bits per heavy atom. The minimum Gasteiger partial charge on any atom is -0.475 e. The Balaban J connectivity index is 1.78. The zero-order valence-corrected chi connectivity index (χ0v) is 15.6. The van der Waals surface area contributed by atoms with Crippen LogP contribution in [0.15, 0.2) is 66.7 Å². The summed E-state index contributed by atoms with van der Waals surface area (Å²) >= 11 is 0. The first-order valence-corrected chi connectivity index (χ1v) is 9.80. The number of hydrogen-bond donors (Lipinski definition) is 0. The molecule has 27 heavy (non-hydrogen) atoms. The Kier molecular flexibility index (Phi) is 4.11. The van der Waals surface area contributed by atoms with Gasteiger partial charge >= 0.3 is 0 Å². The molecule has 134 valence electrons. The molecule has 2 heteroatoms. The summed E-state index contributed by atoms with van der Waals surface area (Å²) in [6, 6.07) is 24.2. The van der Waals surface area contributed by atoms with E-state index in [1.54, 1.807) is 0 Å². The average molecular weight is 353 g/mol. The summed E-state index contributed by atoms with van der Waals surface area (Å²) in [6.07, 6.45) is 3.40. The maximum Gasteiger partial charge on any atom is 0.154 e. The monoisotopic (exact) mass is 353 g/mol. The minimum atomic E-state index is 0.0865. The highest BCUT2D eigenvalue weighted by Crippen LogP contribution is 2.47. The van der Waals surface area contributed by atoms with Gasteiger partial charge < -0.3 is 4.74 Å². The van der Waals surface area contributed by atoms with E-state index in [4.69, 9.17) is 4.74 Å². The molecule has 0 aromatic heterocycles. The van der Waals surface area contributed by atoms with Crippen molar-refractivity contribution in [1.82, 2.24) is 4.90 Å². The lowest BCUT2D eigenvalue weighted by Crippen LogP contribution is -2.53. The van der Waals surface area contributed by atoms with Crippen molar-refractivity contribution in [2.24, 2.45) is 0 Å². The van der Waals surface area contributed by atoms with Gasteiger partial charge in [0.1, 0.15) is 5.75 Å². The van der Waals surface area contributed by atoms with E-state index in [-0.39, 0.29) is 18.3 Å². The molecule has 0 bridgehead atoms. The van der Waals surface area contributed by atoms with Gasteiger partial charge in [-0.15, -0.1) is 5.92 Å². The molecule has 3 aromatic rings. The highest BCUT2D eigenvalue weighted by Gasteiger charge is 2.43. The van der Waals surface area contributed by atoms with E-state index in [9.17, 15) is 0 Å². The Labute approximate surface area is 160 Å². The Bertz CT molecular complexity index is 1030. The number of hydrogen-bond acceptors (Lipinski definition) is 2. The molecular weight excluding hydrogens is 330 g/mol. The molecule has 0 N–H and O–H groups in total. The van der Waals surface area contributed by atoms with Crippen LogP contribution in [-0.2, 0) is 0 Å². The molecule has 0 radical (unpaired) electrons. The summed E-state index contributed by atoms with van der Waals surface area (Å²) < 4.78 is 6.53. The van der Waals surface area contributed by atoms with Crippen LogP contribution in [0.5, 0.6) is 5.75 Å². The highest BCUT2D eigenvalue weighted by molar-refractivity contribution is 5.89. The van der Waals surface area contributed by atoms with Crippen molar-refractivity contribution in [2.75, 3.05) is 0 Å². The number of fused-ring (bicyclic) bond motifs is 4. The van der Waals surface area contributed by atoms with Crippen molar-refractivity contribution in [3.8, 4) is 17.6 Å². The fraction of sp³-hybridized carbons (Fsp3) is 0.280. The van der Waals surface area contributed by atoms with Gasteiger partial charge in [-0.25, -0.2) is 4.90 Å². The standard InChI is InChI=1S/C25H23NO/c1-2-9-20-13-8-15-23-26(20)25(19-11-4-3-5-12-19)24-21-14-7-6-10-18(21)16-17-22(24)27-23/h3-7,10-12,14,16-17,20,23,25H,8,13,15H2,1H3/t20-,23+,25-/m1/s1. The van der Waals surface area contributed by atoms with Gasteiger partial charge in [0.15, 0.2) is 6.23 Å². The van der Waals surface area contributed by atoms with E-state index in [2.05, 4.69) is 83.5 Å². The van der Waals surface area contributed by atoms with Crippen molar-refractivity contribution in [3.05, 3.63) is 77.9 Å². The van der Waals surface area contributed by atoms with Crippen LogP contribution in [0.3, 0.4) is 0 Å². The maximum atomic E-state index is 6.53. The Morgan fingerprint density at radius 1 is 0.926 bits per heavy atom. The third kappa shape index (κ3) is 2.71. The Hall–Kier alpha value is -2.76. The van der Waals surface area contributed by atoms with Gasteiger partial charge in [-0.1, -0.05) is 66.6 Å². The SMILES string of the molecule is CC#C[C@@H]1CCC[C@@H]2Oc3ccc4ccccc4c3[C@@H](c3ccccc3)N12. The number of ether oxygens (including phenoxy) is 1. The van der Waals surface area contributed by atoms with Gasteiger partial charge in [-0.3, -0.25) is 0 Å². The van der Waals surface area contributed by atoms with Crippen LogP contribution in [0.1, 0.15) is 43.4 Å². The lowest BCUT2D eigenvalue weighted by Gasteiger charge is -2.48. The van der Waals surface area contributed by atoms with Gasteiger partial charge in [0.25, 0.3) is 0 Å². The first-order chi connectivity index (χ1) is 13.4. The lowest BCUT2D eigenvalue weighted by atomic mass is 9.86. The Morgan fingerprint density at radius 3 is 2.59 bits per heavy atom. The van der Waals surface area contributed by atoms with Gasteiger partial charge in [0.05, 0.1) is 12.1 Å². The number of piperidine rings is 1. The molecule has 0 saturated carbocycles. The third-order valence-electron chi connectivity index (χ3n) is 5.81. The zero-order chi connectivity index (χ0) is 18.2.